The lowest BCUT2D eigenvalue weighted by atomic mass is 10.1. The van der Waals surface area contributed by atoms with E-state index < -0.39 is 12.5 Å². The standard InChI is InChI=1S/C15H14F3NO2/c16-15(17,18)21-13-8-4-7-12(9-13)20-14(10-19)11-5-2-1-3-6-11/h1-9,14H,10,19H2. The predicted octanol–water partition coefficient (Wildman–Crippen LogP) is 3.66. The second-order valence-corrected chi connectivity index (χ2v) is 4.28. The van der Waals surface area contributed by atoms with Gasteiger partial charge in [0.15, 0.2) is 0 Å². The highest BCUT2D eigenvalue weighted by Crippen LogP contribution is 2.28. The molecule has 112 valence electrons. The number of rotatable bonds is 5. The molecule has 2 aromatic carbocycles. The molecule has 3 nitrogen and oxygen atoms in total. The second-order valence-electron chi connectivity index (χ2n) is 4.28. The van der Waals surface area contributed by atoms with E-state index in [9.17, 15) is 13.2 Å². The Morgan fingerprint density at radius 1 is 0.952 bits per heavy atom. The Labute approximate surface area is 120 Å². The number of benzene rings is 2. The maximum absolute atomic E-state index is 12.2. The Hall–Kier alpha value is -2.21. The van der Waals surface area contributed by atoms with Crippen molar-refractivity contribution >= 4 is 0 Å². The average Bonchev–Trinajstić information content (AvgIpc) is 2.44. The smallest absolute Gasteiger partial charge is 0.484 e. The molecular formula is C15H14F3NO2. The van der Waals surface area contributed by atoms with E-state index >= 15 is 0 Å². The molecule has 2 N–H and O–H groups in total. The van der Waals surface area contributed by atoms with Gasteiger partial charge in [0, 0.05) is 12.6 Å². The average molecular weight is 297 g/mol. The van der Waals surface area contributed by atoms with E-state index in [2.05, 4.69) is 4.74 Å². The predicted molar refractivity (Wildman–Crippen MR) is 72.0 cm³/mol. The third-order valence-electron chi connectivity index (χ3n) is 2.70. The molecule has 0 aliphatic rings. The Morgan fingerprint density at radius 3 is 2.24 bits per heavy atom. The van der Waals surface area contributed by atoms with Crippen LogP contribution in [-0.2, 0) is 0 Å². The van der Waals surface area contributed by atoms with E-state index in [4.69, 9.17) is 10.5 Å². The molecule has 0 bridgehead atoms. The summed E-state index contributed by atoms with van der Waals surface area (Å²) in [6, 6.07) is 14.6. The van der Waals surface area contributed by atoms with Crippen molar-refractivity contribution in [2.24, 2.45) is 5.73 Å². The summed E-state index contributed by atoms with van der Waals surface area (Å²) in [7, 11) is 0. The van der Waals surface area contributed by atoms with Crippen LogP contribution in [0.2, 0.25) is 0 Å². The highest BCUT2D eigenvalue weighted by atomic mass is 19.4. The van der Waals surface area contributed by atoms with Crippen LogP contribution in [0.5, 0.6) is 11.5 Å². The monoisotopic (exact) mass is 297 g/mol. The Morgan fingerprint density at radius 2 is 1.62 bits per heavy atom. The van der Waals surface area contributed by atoms with Crippen molar-refractivity contribution in [1.29, 1.82) is 0 Å². The van der Waals surface area contributed by atoms with Gasteiger partial charge in [-0.1, -0.05) is 36.4 Å². The normalized spacial score (nSPS) is 12.8. The van der Waals surface area contributed by atoms with Crippen molar-refractivity contribution in [2.45, 2.75) is 12.5 Å². The highest BCUT2D eigenvalue weighted by molar-refractivity contribution is 5.34. The van der Waals surface area contributed by atoms with Crippen LogP contribution in [0.25, 0.3) is 0 Å². The van der Waals surface area contributed by atoms with Gasteiger partial charge >= 0.3 is 6.36 Å². The summed E-state index contributed by atoms with van der Waals surface area (Å²) >= 11 is 0. The number of alkyl halides is 3. The fraction of sp³-hybridized carbons (Fsp3) is 0.200. The number of hydrogen-bond acceptors (Lipinski definition) is 3. The van der Waals surface area contributed by atoms with Crippen LogP contribution in [0.15, 0.2) is 54.6 Å². The minimum absolute atomic E-state index is 0.203. The molecule has 2 rings (SSSR count). The van der Waals surface area contributed by atoms with Crippen LogP contribution in [0.4, 0.5) is 13.2 Å². The lowest BCUT2D eigenvalue weighted by Gasteiger charge is -2.18. The lowest BCUT2D eigenvalue weighted by Crippen LogP contribution is -2.19. The van der Waals surface area contributed by atoms with Gasteiger partial charge in [-0.15, -0.1) is 13.2 Å². The maximum Gasteiger partial charge on any atom is 0.573 e. The van der Waals surface area contributed by atoms with Crippen molar-refractivity contribution in [3.63, 3.8) is 0 Å². The highest BCUT2D eigenvalue weighted by Gasteiger charge is 2.31. The third kappa shape index (κ3) is 4.68. The number of nitrogens with two attached hydrogens (primary N) is 1. The molecule has 2 aromatic rings. The number of ether oxygens (including phenoxy) is 2. The van der Waals surface area contributed by atoms with Gasteiger partial charge in [0.2, 0.25) is 0 Å². The molecule has 0 amide bonds. The van der Waals surface area contributed by atoms with Gasteiger partial charge in [-0.3, -0.25) is 0 Å². The summed E-state index contributed by atoms with van der Waals surface area (Å²) in [4.78, 5) is 0. The second kappa shape index (κ2) is 6.49. The van der Waals surface area contributed by atoms with E-state index in [0.29, 0.717) is 0 Å². The molecule has 6 heteroatoms. The molecule has 0 radical (unpaired) electrons. The van der Waals surface area contributed by atoms with Crippen LogP contribution < -0.4 is 15.2 Å². The molecular weight excluding hydrogens is 283 g/mol. The Balaban J connectivity index is 2.13. The topological polar surface area (TPSA) is 44.5 Å². The van der Waals surface area contributed by atoms with Gasteiger partial charge in [-0.05, 0) is 17.7 Å². The summed E-state index contributed by atoms with van der Waals surface area (Å²) in [5.74, 6) is -0.0695. The Kier molecular flexibility index (Phi) is 4.70. The van der Waals surface area contributed by atoms with E-state index in [-0.39, 0.29) is 18.0 Å². The van der Waals surface area contributed by atoms with E-state index in [1.54, 1.807) is 6.07 Å². The first-order valence-corrected chi connectivity index (χ1v) is 6.25. The van der Waals surface area contributed by atoms with Gasteiger partial charge < -0.3 is 15.2 Å². The first-order valence-electron chi connectivity index (χ1n) is 6.25. The third-order valence-corrected chi connectivity index (χ3v) is 2.70. The SMILES string of the molecule is NCC(Oc1cccc(OC(F)(F)F)c1)c1ccccc1. The molecule has 1 unspecified atom stereocenters. The quantitative estimate of drug-likeness (QED) is 0.916. The van der Waals surface area contributed by atoms with Crippen molar-refractivity contribution in [3.8, 4) is 11.5 Å². The maximum atomic E-state index is 12.2. The number of halogens is 3. The molecule has 1 atom stereocenters. The molecule has 0 spiro atoms. The van der Waals surface area contributed by atoms with Crippen molar-refractivity contribution in [1.82, 2.24) is 0 Å². The lowest BCUT2D eigenvalue weighted by molar-refractivity contribution is -0.274. The molecule has 0 aliphatic carbocycles. The van der Waals surface area contributed by atoms with Gasteiger partial charge in [0.1, 0.15) is 17.6 Å². The summed E-state index contributed by atoms with van der Waals surface area (Å²) < 4.78 is 46.0. The van der Waals surface area contributed by atoms with E-state index in [0.717, 1.165) is 5.56 Å². The minimum Gasteiger partial charge on any atom is -0.484 e. The zero-order valence-corrected chi connectivity index (χ0v) is 11.0. The summed E-state index contributed by atoms with van der Waals surface area (Å²) in [6.45, 7) is 0.203. The number of hydrogen-bond donors (Lipinski definition) is 1. The molecule has 21 heavy (non-hydrogen) atoms. The van der Waals surface area contributed by atoms with Crippen molar-refractivity contribution in [3.05, 3.63) is 60.2 Å². The molecule has 0 heterocycles. The van der Waals surface area contributed by atoms with E-state index in [1.807, 2.05) is 30.3 Å². The Bertz CT molecular complexity index is 573. The van der Waals surface area contributed by atoms with Crippen molar-refractivity contribution in [2.75, 3.05) is 6.54 Å². The van der Waals surface area contributed by atoms with Crippen LogP contribution >= 0.6 is 0 Å². The summed E-state index contributed by atoms with van der Waals surface area (Å²) in [5, 5.41) is 0. The minimum atomic E-state index is -4.73. The summed E-state index contributed by atoms with van der Waals surface area (Å²) in [6.07, 6.45) is -5.17. The van der Waals surface area contributed by atoms with Crippen molar-refractivity contribution < 1.29 is 22.6 Å². The van der Waals surface area contributed by atoms with Gasteiger partial charge in [0.05, 0.1) is 0 Å². The largest absolute Gasteiger partial charge is 0.573 e. The zero-order chi connectivity index (χ0) is 15.3. The van der Waals surface area contributed by atoms with Crippen LogP contribution in [0, 0.1) is 0 Å². The molecule has 0 aromatic heterocycles. The first kappa shape index (κ1) is 15.2. The molecule has 0 saturated heterocycles. The fourth-order valence-electron chi connectivity index (χ4n) is 1.83. The molecule has 0 fully saturated rings. The zero-order valence-electron chi connectivity index (χ0n) is 11.0. The first-order chi connectivity index (χ1) is 9.98. The van der Waals surface area contributed by atoms with Crippen LogP contribution in [-0.4, -0.2) is 12.9 Å². The van der Waals surface area contributed by atoms with Crippen LogP contribution in [0.3, 0.4) is 0 Å². The molecule has 0 aliphatic heterocycles. The summed E-state index contributed by atoms with van der Waals surface area (Å²) in [5.41, 5.74) is 6.51. The van der Waals surface area contributed by atoms with Crippen LogP contribution in [0.1, 0.15) is 11.7 Å². The van der Waals surface area contributed by atoms with E-state index in [1.165, 1.54) is 18.2 Å². The molecule has 0 saturated carbocycles. The van der Waals surface area contributed by atoms with Gasteiger partial charge in [-0.2, -0.15) is 0 Å². The van der Waals surface area contributed by atoms with Gasteiger partial charge in [0.25, 0.3) is 0 Å². The van der Waals surface area contributed by atoms with Gasteiger partial charge in [-0.25, -0.2) is 0 Å². The fourth-order valence-corrected chi connectivity index (χ4v) is 1.83.